The van der Waals surface area contributed by atoms with Gasteiger partial charge in [0.2, 0.25) is 10.0 Å². The topological polar surface area (TPSA) is 92.7 Å². The highest BCUT2D eigenvalue weighted by Gasteiger charge is 2.31. The highest BCUT2D eigenvalue weighted by Crippen LogP contribution is 2.25. The van der Waals surface area contributed by atoms with E-state index in [9.17, 15) is 26.4 Å². The Balaban J connectivity index is 2.94. The van der Waals surface area contributed by atoms with Gasteiger partial charge in [0.15, 0.2) is 5.25 Å². The number of hydrogen-bond donors (Lipinski definition) is 2. The SMILES string of the molecule is CC(C(=O)O)S(=O)(=O)Nc1cccc(OC(F)(F)F)c1. The van der Waals surface area contributed by atoms with E-state index in [0.717, 1.165) is 31.2 Å². The van der Waals surface area contributed by atoms with Crippen LogP contribution in [-0.2, 0) is 14.8 Å². The van der Waals surface area contributed by atoms with Crippen molar-refractivity contribution in [2.24, 2.45) is 0 Å². The molecule has 6 nitrogen and oxygen atoms in total. The van der Waals surface area contributed by atoms with Crippen molar-refractivity contribution in [3.63, 3.8) is 0 Å². The molecule has 1 unspecified atom stereocenters. The normalized spacial score (nSPS) is 13.6. The Hall–Kier alpha value is -1.97. The lowest BCUT2D eigenvalue weighted by Gasteiger charge is -2.13. The lowest BCUT2D eigenvalue weighted by molar-refractivity contribution is -0.274. The van der Waals surface area contributed by atoms with Crippen LogP contribution in [0.2, 0.25) is 0 Å². The minimum absolute atomic E-state index is 0.236. The van der Waals surface area contributed by atoms with Crippen LogP contribution < -0.4 is 9.46 Å². The van der Waals surface area contributed by atoms with Crippen molar-refractivity contribution in [2.75, 3.05) is 4.72 Å². The molecule has 1 aromatic carbocycles. The number of carboxylic acids is 1. The minimum atomic E-state index is -4.91. The van der Waals surface area contributed by atoms with E-state index in [0.29, 0.717) is 0 Å². The predicted molar refractivity (Wildman–Crippen MR) is 62.8 cm³/mol. The average molecular weight is 313 g/mol. The molecular formula is C10H10F3NO5S. The van der Waals surface area contributed by atoms with Gasteiger partial charge in [-0.2, -0.15) is 0 Å². The zero-order chi connectivity index (χ0) is 15.6. The second-order valence-corrected chi connectivity index (χ2v) is 5.70. The van der Waals surface area contributed by atoms with Crippen molar-refractivity contribution in [1.82, 2.24) is 0 Å². The number of ether oxygens (including phenoxy) is 1. The van der Waals surface area contributed by atoms with Crippen molar-refractivity contribution >= 4 is 21.7 Å². The van der Waals surface area contributed by atoms with E-state index in [1.807, 2.05) is 4.72 Å². The van der Waals surface area contributed by atoms with Crippen LogP contribution in [0.25, 0.3) is 0 Å². The van der Waals surface area contributed by atoms with Crippen LogP contribution in [-0.4, -0.2) is 31.1 Å². The van der Waals surface area contributed by atoms with Gasteiger partial charge >= 0.3 is 12.3 Å². The first-order chi connectivity index (χ1) is 9.01. The van der Waals surface area contributed by atoms with Gasteiger partial charge in [-0.3, -0.25) is 9.52 Å². The lowest BCUT2D eigenvalue weighted by Crippen LogP contribution is -2.32. The number of alkyl halides is 3. The van der Waals surface area contributed by atoms with Gasteiger partial charge in [-0.05, 0) is 19.1 Å². The molecule has 0 radical (unpaired) electrons. The number of rotatable bonds is 5. The molecule has 0 aliphatic carbocycles. The Labute approximate surface area is 112 Å². The van der Waals surface area contributed by atoms with Crippen molar-refractivity contribution in [3.8, 4) is 5.75 Å². The predicted octanol–water partition coefficient (Wildman–Crippen LogP) is 1.80. The monoisotopic (exact) mass is 313 g/mol. The number of benzene rings is 1. The first-order valence-corrected chi connectivity index (χ1v) is 6.66. The standard InChI is InChI=1S/C10H10F3NO5S/c1-6(9(15)16)20(17,18)14-7-3-2-4-8(5-7)19-10(11,12)13/h2-6,14H,1H3,(H,15,16). The smallest absolute Gasteiger partial charge is 0.480 e. The fraction of sp³-hybridized carbons (Fsp3) is 0.300. The van der Waals surface area contributed by atoms with Crippen molar-refractivity contribution in [1.29, 1.82) is 0 Å². The molecule has 1 aromatic rings. The molecule has 1 rings (SSSR count). The van der Waals surface area contributed by atoms with Gasteiger partial charge in [0.25, 0.3) is 0 Å². The molecule has 0 bridgehead atoms. The maximum Gasteiger partial charge on any atom is 0.573 e. The largest absolute Gasteiger partial charge is 0.573 e. The van der Waals surface area contributed by atoms with E-state index in [1.54, 1.807) is 0 Å². The van der Waals surface area contributed by atoms with E-state index in [4.69, 9.17) is 5.11 Å². The summed E-state index contributed by atoms with van der Waals surface area (Å²) >= 11 is 0. The van der Waals surface area contributed by atoms with Crippen molar-refractivity contribution < 1.29 is 36.2 Å². The summed E-state index contributed by atoms with van der Waals surface area (Å²) in [6.07, 6.45) is -4.91. The number of carbonyl (C=O) groups is 1. The van der Waals surface area contributed by atoms with Crippen LogP contribution in [0.3, 0.4) is 0 Å². The third-order valence-corrected chi connectivity index (χ3v) is 3.79. The summed E-state index contributed by atoms with van der Waals surface area (Å²) in [7, 11) is -4.26. The molecule has 0 spiro atoms. The van der Waals surface area contributed by atoms with E-state index in [2.05, 4.69) is 4.74 Å². The molecule has 20 heavy (non-hydrogen) atoms. The van der Waals surface area contributed by atoms with Gasteiger partial charge in [-0.15, -0.1) is 13.2 Å². The molecule has 2 N–H and O–H groups in total. The van der Waals surface area contributed by atoms with E-state index in [-0.39, 0.29) is 5.69 Å². The summed E-state index contributed by atoms with van der Waals surface area (Å²) in [6.45, 7) is 0.931. The molecule has 1 atom stereocenters. The van der Waals surface area contributed by atoms with Gasteiger partial charge in [0, 0.05) is 6.07 Å². The highest BCUT2D eigenvalue weighted by molar-refractivity contribution is 7.94. The van der Waals surface area contributed by atoms with Crippen molar-refractivity contribution in [2.45, 2.75) is 18.5 Å². The lowest BCUT2D eigenvalue weighted by atomic mass is 10.3. The Bertz CT molecular complexity index is 599. The van der Waals surface area contributed by atoms with Gasteiger partial charge in [-0.1, -0.05) is 6.07 Å². The van der Waals surface area contributed by atoms with E-state index < -0.39 is 33.4 Å². The molecule has 0 saturated carbocycles. The molecule has 0 aliphatic heterocycles. The number of anilines is 1. The summed E-state index contributed by atoms with van der Waals surface area (Å²) in [5, 5.41) is 6.86. The van der Waals surface area contributed by atoms with Crippen LogP contribution in [0.15, 0.2) is 24.3 Å². The molecule has 0 saturated heterocycles. The first-order valence-electron chi connectivity index (χ1n) is 5.11. The van der Waals surface area contributed by atoms with Gasteiger partial charge < -0.3 is 9.84 Å². The summed E-state index contributed by atoms with van der Waals surface area (Å²) in [5.41, 5.74) is -0.236. The first kappa shape index (κ1) is 16.1. The van der Waals surface area contributed by atoms with E-state index >= 15 is 0 Å². The summed E-state index contributed by atoms with van der Waals surface area (Å²) < 4.78 is 64.7. The molecule has 0 amide bonds. The van der Waals surface area contributed by atoms with Crippen LogP contribution in [0.5, 0.6) is 5.75 Å². The number of halogens is 3. The van der Waals surface area contributed by atoms with E-state index in [1.165, 1.54) is 0 Å². The number of hydrogen-bond acceptors (Lipinski definition) is 4. The van der Waals surface area contributed by atoms with Crippen molar-refractivity contribution in [3.05, 3.63) is 24.3 Å². The second-order valence-electron chi connectivity index (χ2n) is 3.70. The maximum atomic E-state index is 12.0. The molecule has 0 fully saturated rings. The van der Waals surface area contributed by atoms with Crippen LogP contribution in [0, 0.1) is 0 Å². The van der Waals surface area contributed by atoms with Gasteiger partial charge in [0.05, 0.1) is 5.69 Å². The fourth-order valence-corrected chi connectivity index (χ4v) is 2.04. The average Bonchev–Trinajstić information content (AvgIpc) is 2.25. The molecular weight excluding hydrogens is 303 g/mol. The molecule has 112 valence electrons. The molecule has 0 aromatic heterocycles. The van der Waals surface area contributed by atoms with Crippen LogP contribution in [0.4, 0.5) is 18.9 Å². The Morgan fingerprint density at radius 1 is 1.40 bits per heavy atom. The molecule has 0 heterocycles. The quantitative estimate of drug-likeness (QED) is 0.864. The molecule has 0 aliphatic rings. The van der Waals surface area contributed by atoms with Crippen LogP contribution in [0.1, 0.15) is 6.92 Å². The number of sulfonamides is 1. The Morgan fingerprint density at radius 2 is 2.00 bits per heavy atom. The number of aliphatic carboxylic acids is 1. The summed E-state index contributed by atoms with van der Waals surface area (Å²) in [5.74, 6) is -2.21. The zero-order valence-corrected chi connectivity index (χ0v) is 10.8. The van der Waals surface area contributed by atoms with Crippen LogP contribution >= 0.6 is 0 Å². The third kappa shape index (κ3) is 4.61. The summed E-state index contributed by atoms with van der Waals surface area (Å²) in [4.78, 5) is 10.6. The number of nitrogens with one attached hydrogen (secondary N) is 1. The number of carboxylic acid groups (broad SMARTS) is 1. The Morgan fingerprint density at radius 3 is 2.50 bits per heavy atom. The summed E-state index contributed by atoms with van der Waals surface area (Å²) in [6, 6.07) is 4.06. The zero-order valence-electron chi connectivity index (χ0n) is 10.0. The van der Waals surface area contributed by atoms with Gasteiger partial charge in [-0.25, -0.2) is 8.42 Å². The third-order valence-electron chi connectivity index (χ3n) is 2.14. The maximum absolute atomic E-state index is 12.0. The molecule has 10 heteroatoms. The second kappa shape index (κ2) is 5.57. The highest BCUT2D eigenvalue weighted by atomic mass is 32.2. The fourth-order valence-electron chi connectivity index (χ4n) is 1.14. The van der Waals surface area contributed by atoms with Gasteiger partial charge in [0.1, 0.15) is 5.75 Å². The minimum Gasteiger partial charge on any atom is -0.480 e. The Kier molecular flexibility index (Phi) is 4.48.